The zero-order chi connectivity index (χ0) is 24.5. The average Bonchev–Trinajstić information content (AvgIpc) is 3.24. The summed E-state index contributed by atoms with van der Waals surface area (Å²) in [5.74, 6) is -2.13. The van der Waals surface area contributed by atoms with Crippen LogP contribution < -0.4 is 4.74 Å². The van der Waals surface area contributed by atoms with E-state index in [9.17, 15) is 18.0 Å². The number of rotatable bonds is 6. The number of carbonyl (C=O) groups is 1. The third kappa shape index (κ3) is 4.99. The normalized spacial score (nSPS) is 18.0. The Balaban J connectivity index is 1.28. The molecule has 2 aromatic heterocycles. The molecule has 0 unspecified atom stereocenters. The maximum atomic E-state index is 14.9. The Morgan fingerprint density at radius 3 is 2.46 bits per heavy atom. The van der Waals surface area contributed by atoms with Gasteiger partial charge in [-0.15, -0.1) is 0 Å². The largest absolute Gasteiger partial charge is 0.481 e. The number of nitrogens with one attached hydrogen (secondary N) is 1. The van der Waals surface area contributed by atoms with E-state index < -0.39 is 23.4 Å². The van der Waals surface area contributed by atoms with Crippen LogP contribution in [0.15, 0.2) is 48.7 Å². The van der Waals surface area contributed by atoms with Gasteiger partial charge in [0.2, 0.25) is 5.88 Å². The molecule has 0 amide bonds. The molecule has 9 heteroatoms. The lowest BCUT2D eigenvalue weighted by Crippen LogP contribution is -2.25. The van der Waals surface area contributed by atoms with Gasteiger partial charge in [-0.2, -0.15) is 0 Å². The molecule has 4 aromatic rings. The van der Waals surface area contributed by atoms with Crippen molar-refractivity contribution >= 4 is 17.0 Å². The topological polar surface area (TPSA) is 88.1 Å². The number of hydrogen-bond donors (Lipinski definition) is 2. The number of halogens is 3. The molecule has 0 atom stereocenters. The molecule has 0 bridgehead atoms. The molecular formula is C26H22F3N3O3. The minimum Gasteiger partial charge on any atom is -0.481 e. The lowest BCUT2D eigenvalue weighted by atomic mass is 9.85. The van der Waals surface area contributed by atoms with Crippen LogP contribution in [-0.2, 0) is 4.79 Å². The quantitative estimate of drug-likeness (QED) is 0.346. The first-order valence-corrected chi connectivity index (χ1v) is 11.4. The van der Waals surface area contributed by atoms with Crippen LogP contribution in [0.3, 0.4) is 0 Å². The second-order valence-corrected chi connectivity index (χ2v) is 8.81. The second kappa shape index (κ2) is 9.40. The Morgan fingerprint density at radius 1 is 1.00 bits per heavy atom. The summed E-state index contributed by atoms with van der Waals surface area (Å²) in [5, 5.41) is 8.93. The number of aromatic amines is 1. The molecule has 1 aliphatic rings. The highest BCUT2D eigenvalue weighted by atomic mass is 19.1. The Hall–Kier alpha value is -3.88. The van der Waals surface area contributed by atoms with Gasteiger partial charge in [-0.1, -0.05) is 6.07 Å². The molecule has 6 nitrogen and oxygen atoms in total. The first-order chi connectivity index (χ1) is 16.9. The monoisotopic (exact) mass is 481 g/mol. The SMILES string of the molecule is O=C(O)CC1CCC(Oc2ccc(-c3ccc(-c4nc5c(F)cc(F)cc5[nH]4)c(F)c3)cn2)CC1. The Morgan fingerprint density at radius 2 is 1.77 bits per heavy atom. The second-order valence-electron chi connectivity index (χ2n) is 8.81. The lowest BCUT2D eigenvalue weighted by Gasteiger charge is -2.27. The number of hydrogen-bond acceptors (Lipinski definition) is 4. The highest BCUT2D eigenvalue weighted by molar-refractivity contribution is 5.80. The fraction of sp³-hybridized carbons (Fsp3) is 0.269. The van der Waals surface area contributed by atoms with E-state index >= 15 is 0 Å². The number of fused-ring (bicyclic) bond motifs is 1. The van der Waals surface area contributed by atoms with Crippen LogP contribution in [0, 0.1) is 23.4 Å². The van der Waals surface area contributed by atoms with E-state index in [1.807, 2.05) is 0 Å². The number of aromatic nitrogens is 3. The first kappa shape index (κ1) is 22.9. The fourth-order valence-corrected chi connectivity index (χ4v) is 4.55. The molecule has 2 N–H and O–H groups in total. The van der Waals surface area contributed by atoms with Gasteiger partial charge in [-0.05, 0) is 61.4 Å². The van der Waals surface area contributed by atoms with E-state index in [-0.39, 0.29) is 40.9 Å². The molecule has 2 heterocycles. The van der Waals surface area contributed by atoms with Crippen molar-refractivity contribution in [2.45, 2.75) is 38.2 Å². The number of carboxylic acids is 1. The number of imidazole rings is 1. The molecule has 0 radical (unpaired) electrons. The highest BCUT2D eigenvalue weighted by Gasteiger charge is 2.24. The number of aliphatic carboxylic acids is 1. The maximum absolute atomic E-state index is 14.9. The zero-order valence-electron chi connectivity index (χ0n) is 18.6. The van der Waals surface area contributed by atoms with Crippen LogP contribution in [0.4, 0.5) is 13.2 Å². The minimum absolute atomic E-state index is 0.00255. The molecule has 0 spiro atoms. The van der Waals surface area contributed by atoms with Gasteiger partial charge in [-0.25, -0.2) is 23.1 Å². The maximum Gasteiger partial charge on any atom is 0.303 e. The first-order valence-electron chi connectivity index (χ1n) is 11.4. The zero-order valence-corrected chi connectivity index (χ0v) is 18.6. The third-order valence-corrected chi connectivity index (χ3v) is 6.34. The highest BCUT2D eigenvalue weighted by Crippen LogP contribution is 2.31. The van der Waals surface area contributed by atoms with Crippen molar-refractivity contribution in [3.05, 3.63) is 66.1 Å². The molecule has 35 heavy (non-hydrogen) atoms. The molecule has 180 valence electrons. The summed E-state index contributed by atoms with van der Waals surface area (Å²) < 4.78 is 48.3. The molecule has 2 aromatic carbocycles. The molecular weight excluding hydrogens is 459 g/mol. The van der Waals surface area contributed by atoms with Crippen molar-refractivity contribution in [1.29, 1.82) is 0 Å². The van der Waals surface area contributed by atoms with Crippen LogP contribution >= 0.6 is 0 Å². The van der Waals surface area contributed by atoms with Gasteiger partial charge in [0.25, 0.3) is 0 Å². The third-order valence-electron chi connectivity index (χ3n) is 6.34. The van der Waals surface area contributed by atoms with Crippen LogP contribution in [0.1, 0.15) is 32.1 Å². The summed E-state index contributed by atoms with van der Waals surface area (Å²) in [6.07, 6.45) is 4.98. The molecule has 0 saturated heterocycles. The summed E-state index contributed by atoms with van der Waals surface area (Å²) in [4.78, 5) is 22.0. The molecule has 1 saturated carbocycles. The van der Waals surface area contributed by atoms with E-state index in [0.717, 1.165) is 37.8 Å². The molecule has 1 aliphatic carbocycles. The van der Waals surface area contributed by atoms with Gasteiger partial charge < -0.3 is 14.8 Å². The van der Waals surface area contributed by atoms with E-state index in [0.29, 0.717) is 17.0 Å². The van der Waals surface area contributed by atoms with E-state index in [1.54, 1.807) is 24.4 Å². The predicted molar refractivity (Wildman–Crippen MR) is 123 cm³/mol. The van der Waals surface area contributed by atoms with E-state index in [2.05, 4.69) is 15.0 Å². The molecule has 1 fully saturated rings. The van der Waals surface area contributed by atoms with Crippen LogP contribution in [0.5, 0.6) is 5.88 Å². The lowest BCUT2D eigenvalue weighted by molar-refractivity contribution is -0.138. The Kier molecular flexibility index (Phi) is 6.15. The Labute approximate surface area is 198 Å². The predicted octanol–water partition coefficient (Wildman–Crippen LogP) is 6.12. The number of benzene rings is 2. The number of pyridine rings is 1. The van der Waals surface area contributed by atoms with Gasteiger partial charge in [0, 0.05) is 30.3 Å². The van der Waals surface area contributed by atoms with Crippen molar-refractivity contribution < 1.29 is 27.8 Å². The Bertz CT molecular complexity index is 1380. The van der Waals surface area contributed by atoms with Crippen molar-refractivity contribution in [2.75, 3.05) is 0 Å². The molecule has 0 aliphatic heterocycles. The summed E-state index contributed by atoms with van der Waals surface area (Å²) in [7, 11) is 0. The average molecular weight is 481 g/mol. The van der Waals surface area contributed by atoms with Crippen molar-refractivity contribution in [2.24, 2.45) is 5.92 Å². The van der Waals surface area contributed by atoms with Crippen molar-refractivity contribution in [3.63, 3.8) is 0 Å². The molecule has 5 rings (SSSR count). The fourth-order valence-electron chi connectivity index (χ4n) is 4.55. The van der Waals surface area contributed by atoms with E-state index in [4.69, 9.17) is 9.84 Å². The van der Waals surface area contributed by atoms with Gasteiger partial charge in [0.15, 0.2) is 5.82 Å². The van der Waals surface area contributed by atoms with Gasteiger partial charge >= 0.3 is 5.97 Å². The smallest absolute Gasteiger partial charge is 0.303 e. The van der Waals surface area contributed by atoms with Gasteiger partial charge in [0.1, 0.15) is 29.1 Å². The summed E-state index contributed by atoms with van der Waals surface area (Å²) in [6, 6.07) is 9.91. The summed E-state index contributed by atoms with van der Waals surface area (Å²) in [5.41, 5.74) is 1.51. The number of ether oxygens (including phenoxy) is 1. The van der Waals surface area contributed by atoms with Crippen LogP contribution in [0.25, 0.3) is 33.5 Å². The number of nitrogens with zero attached hydrogens (tertiary/aromatic N) is 2. The summed E-state index contributed by atoms with van der Waals surface area (Å²) in [6.45, 7) is 0. The van der Waals surface area contributed by atoms with Crippen LogP contribution in [-0.4, -0.2) is 32.1 Å². The van der Waals surface area contributed by atoms with Crippen molar-refractivity contribution in [3.8, 4) is 28.4 Å². The van der Waals surface area contributed by atoms with Crippen LogP contribution in [0.2, 0.25) is 0 Å². The minimum atomic E-state index is -0.818. The number of carboxylic acid groups (broad SMARTS) is 1. The van der Waals surface area contributed by atoms with E-state index in [1.165, 1.54) is 12.1 Å². The van der Waals surface area contributed by atoms with Crippen molar-refractivity contribution in [1.82, 2.24) is 15.0 Å². The standard InChI is InChI=1S/C26H22F3N3O3/c27-17-11-21(29)25-22(12-17)31-26(32-25)19-7-3-15(10-20(19)28)16-4-8-23(30-13-16)35-18-5-1-14(2-6-18)9-24(33)34/h3-4,7-8,10-14,18H,1-2,5-6,9H2,(H,31,32)(H,33,34). The van der Waals surface area contributed by atoms with Gasteiger partial charge in [-0.3, -0.25) is 4.79 Å². The number of H-pyrrole nitrogens is 1. The van der Waals surface area contributed by atoms with Gasteiger partial charge in [0.05, 0.1) is 11.1 Å². The summed E-state index contributed by atoms with van der Waals surface area (Å²) >= 11 is 0.